The van der Waals surface area contributed by atoms with Gasteiger partial charge in [-0.25, -0.2) is 4.79 Å². The van der Waals surface area contributed by atoms with Gasteiger partial charge in [0.15, 0.2) is 6.10 Å². The van der Waals surface area contributed by atoms with Gasteiger partial charge in [0.2, 0.25) is 11.6 Å². The van der Waals surface area contributed by atoms with Gasteiger partial charge in [-0.3, -0.25) is 14.4 Å². The number of nitrogens with one attached hydrogen (secondary N) is 2. The zero-order valence-corrected chi connectivity index (χ0v) is 27.7. The van der Waals surface area contributed by atoms with Crippen LogP contribution in [0.4, 0.5) is 4.79 Å². The molecule has 0 saturated carbocycles. The summed E-state index contributed by atoms with van der Waals surface area (Å²) in [6, 6.07) is 0. The highest BCUT2D eigenvalue weighted by atomic mass is 16.6. The highest BCUT2D eigenvalue weighted by Gasteiger charge is 2.33. The smallest absolute Gasteiger partial charge is 0.405 e. The minimum absolute atomic E-state index is 0.109. The van der Waals surface area contributed by atoms with Crippen LogP contribution < -0.4 is 16.4 Å². The zero-order chi connectivity index (χ0) is 33.8. The fraction of sp³-hybridized carbons (Fsp3) is 0.576. The van der Waals surface area contributed by atoms with E-state index in [0.717, 1.165) is 19.0 Å². The van der Waals surface area contributed by atoms with Crippen molar-refractivity contribution in [3.63, 3.8) is 0 Å². The molecule has 2 amide bonds. The molecule has 250 valence electrons. The first-order valence-corrected chi connectivity index (χ1v) is 15.2. The number of ketones is 2. The Morgan fingerprint density at radius 3 is 2.44 bits per heavy atom. The Kier molecular flexibility index (Phi) is 14.9. The highest BCUT2D eigenvalue weighted by molar-refractivity contribution is 6.23. The predicted octanol–water partition coefficient (Wildman–Crippen LogP) is 2.30. The van der Waals surface area contributed by atoms with Gasteiger partial charge in [-0.2, -0.15) is 0 Å². The van der Waals surface area contributed by atoms with Gasteiger partial charge in [-0.05, 0) is 65.2 Å². The molecular weight excluding hydrogens is 580 g/mol. The normalized spacial score (nSPS) is 30.5. The van der Waals surface area contributed by atoms with Gasteiger partial charge in [-0.1, -0.05) is 38.2 Å². The van der Waals surface area contributed by atoms with Crippen LogP contribution in [0, 0.1) is 11.8 Å². The molecule has 0 fully saturated rings. The number of methoxy groups -OCH3 is 2. The summed E-state index contributed by atoms with van der Waals surface area (Å²) in [4.78, 5) is 53.9. The lowest BCUT2D eigenvalue weighted by Crippen LogP contribution is -2.38. The number of fused-ring (bicyclic) bond motifs is 2. The second kappa shape index (κ2) is 17.8. The molecule has 2 rings (SSSR count). The van der Waals surface area contributed by atoms with Crippen LogP contribution in [0.25, 0.3) is 0 Å². The van der Waals surface area contributed by atoms with Crippen LogP contribution in [-0.4, -0.2) is 99.4 Å². The van der Waals surface area contributed by atoms with E-state index in [1.54, 1.807) is 32.1 Å². The Morgan fingerprint density at radius 1 is 1.16 bits per heavy atom. The molecule has 0 saturated heterocycles. The van der Waals surface area contributed by atoms with Gasteiger partial charge in [0.25, 0.3) is 5.91 Å². The fourth-order valence-electron chi connectivity index (χ4n) is 5.39. The largest absolute Gasteiger partial charge is 0.439 e. The van der Waals surface area contributed by atoms with Crippen LogP contribution in [0.15, 0.2) is 58.5 Å². The number of ether oxygens (including phenoxy) is 3. The number of aliphatic hydroxyl groups is 1. The first-order chi connectivity index (χ1) is 21.2. The lowest BCUT2D eigenvalue weighted by atomic mass is 9.85. The van der Waals surface area contributed by atoms with Gasteiger partial charge in [0.1, 0.15) is 6.10 Å². The van der Waals surface area contributed by atoms with Crippen molar-refractivity contribution in [3.05, 3.63) is 58.5 Å². The second-order valence-electron chi connectivity index (χ2n) is 12.0. The number of aliphatic hydroxyl groups excluding tert-OH is 1. The Bertz CT molecular complexity index is 1250. The molecule has 6 atom stereocenters. The molecular formula is C33H50N4O8. The van der Waals surface area contributed by atoms with Crippen LogP contribution in [0.5, 0.6) is 0 Å². The number of rotatable bonds is 8. The van der Waals surface area contributed by atoms with Crippen molar-refractivity contribution in [2.24, 2.45) is 17.6 Å². The molecule has 2 bridgehead atoms. The number of carbonyl (C=O) groups excluding carboxylic acids is 4. The first kappa shape index (κ1) is 37.6. The van der Waals surface area contributed by atoms with Gasteiger partial charge in [-0.15, -0.1) is 0 Å². The van der Waals surface area contributed by atoms with E-state index in [0.29, 0.717) is 18.5 Å². The number of nitrogens with zero attached hydrogens (tertiary/aromatic N) is 1. The molecule has 1 aliphatic carbocycles. The average molecular weight is 631 g/mol. The van der Waals surface area contributed by atoms with Crippen molar-refractivity contribution in [2.75, 3.05) is 41.4 Å². The van der Waals surface area contributed by atoms with Crippen molar-refractivity contribution >= 4 is 23.6 Å². The maximum Gasteiger partial charge on any atom is 0.405 e. The zero-order valence-electron chi connectivity index (χ0n) is 27.7. The van der Waals surface area contributed by atoms with Gasteiger partial charge >= 0.3 is 6.09 Å². The van der Waals surface area contributed by atoms with Crippen molar-refractivity contribution in [1.82, 2.24) is 15.5 Å². The Labute approximate surface area is 266 Å². The fourth-order valence-corrected chi connectivity index (χ4v) is 5.39. The van der Waals surface area contributed by atoms with Gasteiger partial charge < -0.3 is 40.6 Å². The first-order valence-electron chi connectivity index (χ1n) is 15.2. The van der Waals surface area contributed by atoms with Crippen molar-refractivity contribution in [3.8, 4) is 0 Å². The number of nitrogens with two attached hydrogens (primary N) is 1. The SMILES string of the molecule is CO[C@H]1/C=C\C=C(\C)C(=O)NC2=CC(=O)C(NCCCN(C)C)=C(C[C@@H](C)C[C@H](OC)[C@H](O)[C@@H](C)/C=C(/C)[C@@H]1OC(N)=O)C2=O. The molecule has 45 heavy (non-hydrogen) atoms. The lowest BCUT2D eigenvalue weighted by Gasteiger charge is -2.30. The maximum atomic E-state index is 13.7. The molecule has 0 spiro atoms. The topological polar surface area (TPSA) is 170 Å². The molecule has 0 aromatic heterocycles. The summed E-state index contributed by atoms with van der Waals surface area (Å²) in [5.41, 5.74) is 6.59. The Balaban J connectivity index is 2.58. The monoisotopic (exact) mass is 630 g/mol. The molecule has 1 heterocycles. The van der Waals surface area contributed by atoms with Crippen molar-refractivity contribution in [2.45, 2.75) is 71.4 Å². The number of allylic oxidation sites excluding steroid dienone is 4. The summed E-state index contributed by atoms with van der Waals surface area (Å²) >= 11 is 0. The number of carbonyl (C=O) groups is 4. The third kappa shape index (κ3) is 11.1. The van der Waals surface area contributed by atoms with E-state index >= 15 is 0 Å². The summed E-state index contributed by atoms with van der Waals surface area (Å²) in [5, 5.41) is 17.1. The number of Topliss-reactive ketones (excluding diaryl/α,β-unsaturated/α-hetero) is 1. The third-order valence-electron chi connectivity index (χ3n) is 7.88. The predicted molar refractivity (Wildman–Crippen MR) is 171 cm³/mol. The van der Waals surface area contributed by atoms with Crippen molar-refractivity contribution < 1.29 is 38.5 Å². The van der Waals surface area contributed by atoms with E-state index in [4.69, 9.17) is 19.9 Å². The number of primary amides is 1. The van der Waals surface area contributed by atoms with E-state index in [1.807, 2.05) is 32.8 Å². The summed E-state index contributed by atoms with van der Waals surface area (Å²) < 4.78 is 16.6. The summed E-state index contributed by atoms with van der Waals surface area (Å²) in [5.74, 6) is -2.04. The van der Waals surface area contributed by atoms with Crippen LogP contribution in [0.1, 0.15) is 47.0 Å². The number of hydrogen-bond donors (Lipinski definition) is 4. The molecule has 2 aliphatic rings. The van der Waals surface area contributed by atoms with E-state index in [1.165, 1.54) is 20.3 Å². The Hall–Kier alpha value is -3.58. The van der Waals surface area contributed by atoms with Crippen LogP contribution in [0.2, 0.25) is 0 Å². The molecule has 0 radical (unpaired) electrons. The van der Waals surface area contributed by atoms with Gasteiger partial charge in [0, 0.05) is 43.9 Å². The van der Waals surface area contributed by atoms with Crippen LogP contribution >= 0.6 is 0 Å². The average Bonchev–Trinajstić information content (AvgIpc) is 2.97. The molecule has 0 aromatic carbocycles. The summed E-state index contributed by atoms with van der Waals surface area (Å²) in [6.45, 7) is 8.32. The van der Waals surface area contributed by atoms with E-state index in [9.17, 15) is 24.3 Å². The number of amides is 2. The molecule has 0 aromatic rings. The molecule has 1 aliphatic heterocycles. The van der Waals surface area contributed by atoms with E-state index in [-0.39, 0.29) is 34.9 Å². The summed E-state index contributed by atoms with van der Waals surface area (Å²) in [6.07, 6.45) is 4.67. The standard InChI is InChI=1S/C33H50N4O8/c1-19-15-23-28(35-13-10-14-37(5)6)25(38)18-24(30(23)40)36-32(41)20(2)11-9-12-26(43-7)31(45-33(34)42)22(4)17-21(3)29(39)27(16-19)44-8/h9,11-12,17-19,21,26-27,29,31,35,39H,10,13-16H2,1-8H3,(H2,34,42)(H,36,41)/b12-9-,20-11-,22-17-/t19-,21+,26+,27+,29-,31+/m1/s1. The quantitative estimate of drug-likeness (QED) is 0.177. The van der Waals surface area contributed by atoms with Gasteiger partial charge in [0.05, 0.1) is 23.6 Å². The maximum absolute atomic E-state index is 13.7. The summed E-state index contributed by atoms with van der Waals surface area (Å²) in [7, 11) is 6.85. The highest BCUT2D eigenvalue weighted by Crippen LogP contribution is 2.29. The van der Waals surface area contributed by atoms with E-state index < -0.39 is 53.9 Å². The van der Waals surface area contributed by atoms with E-state index in [2.05, 4.69) is 10.6 Å². The Morgan fingerprint density at radius 2 is 1.84 bits per heavy atom. The molecule has 12 heteroatoms. The second-order valence-corrected chi connectivity index (χ2v) is 12.0. The lowest BCUT2D eigenvalue weighted by molar-refractivity contribution is -0.120. The minimum Gasteiger partial charge on any atom is -0.439 e. The van der Waals surface area contributed by atoms with Crippen molar-refractivity contribution in [1.29, 1.82) is 0 Å². The molecule has 0 unspecified atom stereocenters. The van der Waals surface area contributed by atoms with Crippen LogP contribution in [-0.2, 0) is 28.6 Å². The molecule has 5 N–H and O–H groups in total. The third-order valence-corrected chi connectivity index (χ3v) is 7.88. The minimum atomic E-state index is -0.996. The van der Waals surface area contributed by atoms with Crippen LogP contribution in [0.3, 0.4) is 0 Å². The molecule has 12 nitrogen and oxygen atoms in total. The number of hydrogen-bond acceptors (Lipinski definition) is 10.